The average Bonchev–Trinajstić information content (AvgIpc) is 3.44. The molecular formula is C54H104N2O22. The van der Waals surface area contributed by atoms with Gasteiger partial charge in [0.25, 0.3) is 0 Å². The van der Waals surface area contributed by atoms with Crippen LogP contribution in [0.15, 0.2) is 0 Å². The van der Waals surface area contributed by atoms with Gasteiger partial charge in [-0.15, -0.1) is 0 Å². The number of rotatable bonds is 45. The Morgan fingerprint density at radius 3 is 1.23 bits per heavy atom. The highest BCUT2D eigenvalue weighted by atomic mass is 16.7. The van der Waals surface area contributed by atoms with Crippen LogP contribution < -0.4 is 0 Å². The number of unbranched alkanes of at least 4 members (excludes halogenated alkanes) is 7. The lowest BCUT2D eigenvalue weighted by atomic mass is 9.93. The third-order valence-corrected chi connectivity index (χ3v) is 15.1. The summed E-state index contributed by atoms with van der Waals surface area (Å²) in [5, 5.41) is 30.6. The van der Waals surface area contributed by atoms with Gasteiger partial charge in [0.05, 0.1) is 38.1 Å². The molecule has 2 rings (SSSR count). The molecule has 8 unspecified atom stereocenters. The predicted octanol–water partition coefficient (Wildman–Crippen LogP) is 1.86. The third-order valence-electron chi connectivity index (χ3n) is 15.1. The van der Waals surface area contributed by atoms with Gasteiger partial charge in [-0.05, 0) is 25.7 Å². The van der Waals surface area contributed by atoms with Gasteiger partial charge >= 0.3 is 0 Å². The zero-order chi connectivity index (χ0) is 58.2. The standard InChI is InChI=1S/C54H104N2O22/c1-35(60)55(30-40(65-6)45(68-9)43(37(32-59)33-62-3)77-54-52(74-15)50(72-13)47(70-11)42(76-54)34-63-4)26-22-20-18-16-17-19-21-23-27-56(36(2)61)31-41(66-7)46(69-10)48(38(64-5)24-28-57)78-53-51(73-14)49(71-12)44(67-8)39(75-53)25-29-58/h37-54,57-59H,16-34H2,1-15H3/t37-,38?,39?,40?,41-,42?,43+,44-,45?,46+,47+,48+,49-,50?,51?,52?,53+,54+/m1/s1. The molecule has 0 radical (unpaired) electrons. The summed E-state index contributed by atoms with van der Waals surface area (Å²) in [7, 11) is 20.0. The Balaban J connectivity index is 2.05. The second-order valence-corrected chi connectivity index (χ2v) is 19.8. The van der Waals surface area contributed by atoms with Gasteiger partial charge in [0.1, 0.15) is 73.2 Å². The van der Waals surface area contributed by atoms with E-state index in [1.807, 2.05) is 0 Å². The van der Waals surface area contributed by atoms with Crippen LogP contribution in [0.3, 0.4) is 0 Å². The Kier molecular flexibility index (Phi) is 38.1. The Bertz CT molecular complexity index is 1420. The van der Waals surface area contributed by atoms with Crippen LogP contribution in [0.4, 0.5) is 0 Å². The first-order chi connectivity index (χ1) is 37.7. The normalized spacial score (nSPS) is 26.9. The second kappa shape index (κ2) is 41.2. The first-order valence-corrected chi connectivity index (χ1v) is 27.5. The minimum absolute atomic E-state index is 0.113. The number of ether oxygens (including phenoxy) is 17. The maximum absolute atomic E-state index is 13.1. The van der Waals surface area contributed by atoms with Gasteiger partial charge in [-0.2, -0.15) is 0 Å². The summed E-state index contributed by atoms with van der Waals surface area (Å²) in [6.45, 7) is 4.14. The quantitative estimate of drug-likeness (QED) is 0.0736. The maximum Gasteiger partial charge on any atom is 0.219 e. The molecule has 0 aromatic carbocycles. The smallest absolute Gasteiger partial charge is 0.219 e. The zero-order valence-electron chi connectivity index (χ0n) is 49.8. The fraction of sp³-hybridized carbons (Fsp3) is 0.963. The Morgan fingerprint density at radius 1 is 0.462 bits per heavy atom. The molecule has 18 atom stereocenters. The molecule has 0 aromatic rings. The van der Waals surface area contributed by atoms with Crippen molar-refractivity contribution in [2.45, 2.75) is 182 Å². The molecule has 2 aliphatic rings. The highest BCUT2D eigenvalue weighted by Gasteiger charge is 2.52. The van der Waals surface area contributed by atoms with E-state index in [1.54, 1.807) is 59.6 Å². The van der Waals surface area contributed by atoms with E-state index in [1.165, 1.54) is 56.5 Å². The van der Waals surface area contributed by atoms with Crippen LogP contribution >= 0.6 is 0 Å². The van der Waals surface area contributed by atoms with Crippen molar-refractivity contribution in [2.75, 3.05) is 152 Å². The SMILES string of the molecule is COCC1O[C@@H](O[C@H](C(OC)C(CN(CCCCCCCCCCN(C[C@@H](OC)[C@H](OC)[C@@H](O[C@@H]2OC(CCO)[C@@H](OC)[C@@H](OC)C2OC)C(CCO)OC)C(C)=O)C(C)=O)OC)[C@H](CO)COC)C(OC)C(OC)[C@H]1OC. The summed E-state index contributed by atoms with van der Waals surface area (Å²) in [4.78, 5) is 29.7. The van der Waals surface area contributed by atoms with E-state index in [9.17, 15) is 24.9 Å². The van der Waals surface area contributed by atoms with Gasteiger partial charge in [0.2, 0.25) is 11.8 Å². The summed E-state index contributed by atoms with van der Waals surface area (Å²) in [5.74, 6) is -0.813. The van der Waals surface area contributed by atoms with Gasteiger partial charge in [0, 0.05) is 152 Å². The van der Waals surface area contributed by atoms with Gasteiger partial charge in [-0.1, -0.05) is 38.5 Å². The molecule has 24 nitrogen and oxygen atoms in total. The highest BCUT2D eigenvalue weighted by molar-refractivity contribution is 5.73. The summed E-state index contributed by atoms with van der Waals surface area (Å²) in [5.41, 5.74) is 0. The van der Waals surface area contributed by atoms with Crippen LogP contribution in [0, 0.1) is 5.92 Å². The Labute approximate surface area is 465 Å². The molecule has 0 aliphatic carbocycles. The summed E-state index contributed by atoms with van der Waals surface area (Å²) in [6, 6.07) is 0. The van der Waals surface area contributed by atoms with E-state index in [4.69, 9.17) is 80.5 Å². The van der Waals surface area contributed by atoms with Crippen molar-refractivity contribution in [3.63, 3.8) is 0 Å². The number of hydrogen-bond donors (Lipinski definition) is 3. The second-order valence-electron chi connectivity index (χ2n) is 19.8. The van der Waals surface area contributed by atoms with Crippen molar-refractivity contribution < 1.29 is 105 Å². The molecule has 2 saturated heterocycles. The van der Waals surface area contributed by atoms with Crippen LogP contribution in [0.5, 0.6) is 0 Å². The van der Waals surface area contributed by atoms with E-state index in [0.29, 0.717) is 13.1 Å². The average molecular weight is 1130 g/mol. The van der Waals surface area contributed by atoms with Crippen LogP contribution in [0.2, 0.25) is 0 Å². The lowest BCUT2D eigenvalue weighted by Crippen LogP contribution is -2.63. The van der Waals surface area contributed by atoms with Crippen LogP contribution in [-0.2, 0) is 90.1 Å². The minimum Gasteiger partial charge on any atom is -0.396 e. The zero-order valence-corrected chi connectivity index (χ0v) is 49.8. The predicted molar refractivity (Wildman–Crippen MR) is 285 cm³/mol. The lowest BCUT2D eigenvalue weighted by Gasteiger charge is -2.47. The Morgan fingerprint density at radius 2 is 0.872 bits per heavy atom. The van der Waals surface area contributed by atoms with Crippen molar-refractivity contribution >= 4 is 11.8 Å². The highest BCUT2D eigenvalue weighted by Crippen LogP contribution is 2.34. The van der Waals surface area contributed by atoms with Crippen LogP contribution in [-0.4, -0.2) is 293 Å². The molecule has 2 aliphatic heterocycles. The van der Waals surface area contributed by atoms with Gasteiger partial charge < -0.3 is 106 Å². The number of hydrogen-bond acceptors (Lipinski definition) is 22. The molecule has 462 valence electrons. The molecule has 2 heterocycles. The van der Waals surface area contributed by atoms with E-state index in [2.05, 4.69) is 0 Å². The molecule has 0 aromatic heterocycles. The first-order valence-electron chi connectivity index (χ1n) is 27.5. The Hall–Kier alpha value is -1.86. The van der Waals surface area contributed by atoms with Crippen LogP contribution in [0.25, 0.3) is 0 Å². The van der Waals surface area contributed by atoms with E-state index in [0.717, 1.165) is 51.4 Å². The molecule has 0 spiro atoms. The molecule has 78 heavy (non-hydrogen) atoms. The first kappa shape index (κ1) is 72.2. The molecule has 2 amide bonds. The fourth-order valence-electron chi connectivity index (χ4n) is 10.9. The molecule has 0 bridgehead atoms. The number of carbonyl (C=O) groups excluding carboxylic acids is 2. The number of aliphatic hydroxyl groups excluding tert-OH is 3. The van der Waals surface area contributed by atoms with Gasteiger partial charge in [-0.25, -0.2) is 0 Å². The topological polar surface area (TPSA) is 258 Å². The van der Waals surface area contributed by atoms with Crippen LogP contribution in [0.1, 0.15) is 78.1 Å². The van der Waals surface area contributed by atoms with Crippen molar-refractivity contribution in [3.8, 4) is 0 Å². The summed E-state index contributed by atoms with van der Waals surface area (Å²) >= 11 is 0. The van der Waals surface area contributed by atoms with Crippen molar-refractivity contribution in [1.29, 1.82) is 0 Å². The summed E-state index contributed by atoms with van der Waals surface area (Å²) in [6.07, 6.45) is -4.44. The van der Waals surface area contributed by atoms with Gasteiger partial charge in [0.15, 0.2) is 12.6 Å². The maximum atomic E-state index is 13.1. The molecule has 3 N–H and O–H groups in total. The van der Waals surface area contributed by atoms with Crippen molar-refractivity contribution in [1.82, 2.24) is 9.80 Å². The van der Waals surface area contributed by atoms with E-state index in [-0.39, 0.29) is 70.8 Å². The third kappa shape index (κ3) is 21.7. The van der Waals surface area contributed by atoms with Crippen molar-refractivity contribution in [2.24, 2.45) is 5.92 Å². The number of amides is 2. The molecule has 0 saturated carbocycles. The molecular weight excluding hydrogens is 1030 g/mol. The number of carbonyl (C=O) groups is 2. The van der Waals surface area contributed by atoms with Gasteiger partial charge in [-0.3, -0.25) is 9.59 Å². The molecule has 24 heteroatoms. The van der Waals surface area contributed by atoms with E-state index < -0.39 is 110 Å². The number of nitrogens with zero attached hydrogens (tertiary/aromatic N) is 2. The molecule has 2 fully saturated rings. The van der Waals surface area contributed by atoms with Crippen molar-refractivity contribution in [3.05, 3.63) is 0 Å². The monoisotopic (exact) mass is 1130 g/mol. The lowest BCUT2D eigenvalue weighted by molar-refractivity contribution is -0.335. The minimum atomic E-state index is -1.02. The fourth-order valence-corrected chi connectivity index (χ4v) is 10.9. The number of aliphatic hydroxyl groups is 3. The number of methoxy groups -OCH3 is 13. The van der Waals surface area contributed by atoms with E-state index >= 15 is 0 Å². The largest absolute Gasteiger partial charge is 0.396 e. The summed E-state index contributed by atoms with van der Waals surface area (Å²) < 4.78 is 102.